The lowest BCUT2D eigenvalue weighted by Gasteiger charge is -2.23. The Labute approximate surface area is 183 Å². The molecule has 0 radical (unpaired) electrons. The number of nitrogens with zero attached hydrogens (tertiary/aromatic N) is 2. The molecular formula is C24H20N2O4S. The van der Waals surface area contributed by atoms with Crippen molar-refractivity contribution >= 4 is 33.9 Å². The van der Waals surface area contributed by atoms with Crippen LogP contribution in [0.2, 0.25) is 0 Å². The van der Waals surface area contributed by atoms with Crippen molar-refractivity contribution in [3.8, 4) is 5.75 Å². The van der Waals surface area contributed by atoms with Gasteiger partial charge < -0.3 is 9.84 Å². The highest BCUT2D eigenvalue weighted by Crippen LogP contribution is 2.43. The highest BCUT2D eigenvalue weighted by atomic mass is 32.1. The van der Waals surface area contributed by atoms with Crippen LogP contribution >= 0.6 is 11.3 Å². The smallest absolute Gasteiger partial charge is 0.301 e. The Kier molecular flexibility index (Phi) is 4.63. The number of aliphatic hydroxyl groups excluding tert-OH is 1. The lowest BCUT2D eigenvalue weighted by atomic mass is 9.94. The Morgan fingerprint density at radius 1 is 1.19 bits per heavy atom. The van der Waals surface area contributed by atoms with Crippen LogP contribution in [0.5, 0.6) is 5.75 Å². The molecule has 31 heavy (non-hydrogen) atoms. The van der Waals surface area contributed by atoms with Gasteiger partial charge >= 0.3 is 5.91 Å². The van der Waals surface area contributed by atoms with E-state index in [2.05, 4.69) is 4.98 Å². The zero-order chi connectivity index (χ0) is 21.7. The number of ether oxygens (including phenoxy) is 1. The van der Waals surface area contributed by atoms with Gasteiger partial charge in [0.25, 0.3) is 5.78 Å². The number of fused-ring (bicyclic) bond motifs is 1. The molecule has 1 fully saturated rings. The number of carbonyl (C=O) groups is 2. The van der Waals surface area contributed by atoms with Gasteiger partial charge in [-0.3, -0.25) is 14.5 Å². The van der Waals surface area contributed by atoms with Crippen molar-refractivity contribution in [1.29, 1.82) is 0 Å². The van der Waals surface area contributed by atoms with E-state index in [0.717, 1.165) is 28.9 Å². The van der Waals surface area contributed by atoms with Crippen molar-refractivity contribution in [2.24, 2.45) is 0 Å². The quantitative estimate of drug-likeness (QED) is 0.377. The Morgan fingerprint density at radius 2 is 1.97 bits per heavy atom. The van der Waals surface area contributed by atoms with Crippen LogP contribution in [0.25, 0.3) is 5.76 Å². The average molecular weight is 433 g/mol. The Bertz CT molecular complexity index is 1210. The first-order chi connectivity index (χ1) is 14.9. The average Bonchev–Trinajstić information content (AvgIpc) is 3.46. The first-order valence-corrected chi connectivity index (χ1v) is 10.9. The molecule has 0 saturated carbocycles. The highest BCUT2D eigenvalue weighted by molar-refractivity contribution is 7.14. The first-order valence-electron chi connectivity index (χ1n) is 10.0. The van der Waals surface area contributed by atoms with Gasteiger partial charge in [0.1, 0.15) is 17.6 Å². The van der Waals surface area contributed by atoms with Crippen LogP contribution in [0, 0.1) is 6.92 Å². The minimum absolute atomic E-state index is 0.0652. The highest BCUT2D eigenvalue weighted by Gasteiger charge is 2.48. The number of thiazole rings is 1. The molecule has 7 heteroatoms. The molecule has 1 aromatic heterocycles. The fraction of sp³-hybridized carbons (Fsp3) is 0.208. The number of benzene rings is 2. The van der Waals surface area contributed by atoms with Crippen LogP contribution in [-0.2, 0) is 16.0 Å². The van der Waals surface area contributed by atoms with Crippen molar-refractivity contribution in [3.63, 3.8) is 0 Å². The molecule has 156 valence electrons. The lowest BCUT2D eigenvalue weighted by molar-refractivity contribution is -0.132. The summed E-state index contributed by atoms with van der Waals surface area (Å²) in [6.45, 7) is 3.95. The maximum Gasteiger partial charge on any atom is 0.301 e. The third-order valence-electron chi connectivity index (χ3n) is 5.63. The van der Waals surface area contributed by atoms with E-state index < -0.39 is 17.7 Å². The number of amides is 1. The molecule has 2 aromatic carbocycles. The molecular weight excluding hydrogens is 412 g/mol. The zero-order valence-corrected chi connectivity index (χ0v) is 17.8. The normalized spacial score (nSPS) is 21.9. The Balaban J connectivity index is 1.68. The molecule has 0 aliphatic carbocycles. The number of aliphatic hydroxyl groups is 1. The van der Waals surface area contributed by atoms with Crippen molar-refractivity contribution in [2.45, 2.75) is 32.4 Å². The summed E-state index contributed by atoms with van der Waals surface area (Å²) in [5, 5.41) is 13.4. The van der Waals surface area contributed by atoms with Gasteiger partial charge in [0.05, 0.1) is 11.6 Å². The predicted molar refractivity (Wildman–Crippen MR) is 118 cm³/mol. The SMILES string of the molecule is Cc1ccc([C@H]2C(=C(O)c3ccc4c(c3)C[C@H](C)O4)C(=O)C(=O)N2c2nccs2)cc1. The summed E-state index contributed by atoms with van der Waals surface area (Å²) in [7, 11) is 0. The largest absolute Gasteiger partial charge is 0.507 e. The number of hydrogen-bond acceptors (Lipinski definition) is 6. The Hall–Kier alpha value is -3.45. The van der Waals surface area contributed by atoms with Gasteiger partial charge in [-0.2, -0.15) is 0 Å². The van der Waals surface area contributed by atoms with Gasteiger partial charge in [-0.05, 0) is 43.2 Å². The minimum atomic E-state index is -0.754. The van der Waals surface area contributed by atoms with Crippen LogP contribution in [0.4, 0.5) is 5.13 Å². The molecule has 6 nitrogen and oxygen atoms in total. The second-order valence-corrected chi connectivity index (χ2v) is 8.72. The van der Waals surface area contributed by atoms with Crippen LogP contribution in [0.1, 0.15) is 35.2 Å². The molecule has 2 atom stereocenters. The van der Waals surface area contributed by atoms with Gasteiger partial charge in [0.2, 0.25) is 0 Å². The molecule has 2 aliphatic heterocycles. The number of aromatic nitrogens is 1. The van der Waals surface area contributed by atoms with Crippen molar-refractivity contribution < 1.29 is 19.4 Å². The summed E-state index contributed by atoms with van der Waals surface area (Å²) in [4.78, 5) is 31.7. The van der Waals surface area contributed by atoms with Crippen LogP contribution < -0.4 is 9.64 Å². The lowest BCUT2D eigenvalue weighted by Crippen LogP contribution is -2.29. The van der Waals surface area contributed by atoms with Crippen molar-refractivity contribution in [2.75, 3.05) is 4.90 Å². The second kappa shape index (κ2) is 7.35. The van der Waals surface area contributed by atoms with E-state index in [1.165, 1.54) is 16.2 Å². The summed E-state index contributed by atoms with van der Waals surface area (Å²) < 4.78 is 5.74. The summed E-state index contributed by atoms with van der Waals surface area (Å²) in [5.74, 6) is -0.823. The number of aryl methyl sites for hydroxylation is 1. The maximum absolute atomic E-state index is 13.1. The molecule has 1 N–H and O–H groups in total. The van der Waals surface area contributed by atoms with Crippen LogP contribution in [0.3, 0.4) is 0 Å². The molecule has 5 rings (SSSR count). The van der Waals surface area contributed by atoms with E-state index in [9.17, 15) is 14.7 Å². The van der Waals surface area contributed by atoms with Crippen molar-refractivity contribution in [1.82, 2.24) is 4.98 Å². The minimum Gasteiger partial charge on any atom is -0.507 e. The van der Waals surface area contributed by atoms with Gasteiger partial charge in [-0.25, -0.2) is 4.98 Å². The maximum atomic E-state index is 13.1. The van der Waals surface area contributed by atoms with E-state index in [1.54, 1.807) is 23.7 Å². The summed E-state index contributed by atoms with van der Waals surface area (Å²) in [6.07, 6.45) is 2.38. The Morgan fingerprint density at radius 3 is 2.68 bits per heavy atom. The standard InChI is InChI=1S/C24H20N2O4S/c1-13-3-5-15(6-4-13)20-19(22(28)23(29)26(20)24-25-9-10-31-24)21(27)16-7-8-18-17(12-16)11-14(2)30-18/h3-10,12,14,20,27H,11H2,1-2H3/t14-,20-/m0/s1. The second-order valence-electron chi connectivity index (χ2n) is 7.85. The zero-order valence-electron chi connectivity index (χ0n) is 17.0. The first kappa shape index (κ1) is 19.5. The number of anilines is 1. The van der Waals surface area contributed by atoms with E-state index in [4.69, 9.17) is 4.74 Å². The summed E-state index contributed by atoms with van der Waals surface area (Å²) in [6, 6.07) is 12.2. The van der Waals surface area contributed by atoms with Gasteiger partial charge in [-0.1, -0.05) is 29.8 Å². The molecule has 3 heterocycles. The third kappa shape index (κ3) is 3.21. The van der Waals surface area contributed by atoms with E-state index in [1.807, 2.05) is 44.2 Å². The topological polar surface area (TPSA) is 79.7 Å². The molecule has 1 amide bonds. The molecule has 1 saturated heterocycles. The molecule has 0 unspecified atom stereocenters. The number of Topliss-reactive ketones (excluding diaryl/α,β-unsaturated/α-hetero) is 1. The number of hydrogen-bond donors (Lipinski definition) is 1. The predicted octanol–water partition coefficient (Wildman–Crippen LogP) is 4.40. The van der Waals surface area contributed by atoms with Crippen LogP contribution in [0.15, 0.2) is 59.6 Å². The molecule has 0 spiro atoms. The van der Waals surface area contributed by atoms with Gasteiger partial charge in [0, 0.05) is 23.6 Å². The van der Waals surface area contributed by atoms with Crippen LogP contribution in [-0.4, -0.2) is 27.9 Å². The fourth-order valence-corrected chi connectivity index (χ4v) is 4.82. The monoisotopic (exact) mass is 432 g/mol. The summed E-state index contributed by atoms with van der Waals surface area (Å²) >= 11 is 1.27. The molecule has 2 aliphatic rings. The van der Waals surface area contributed by atoms with E-state index >= 15 is 0 Å². The fourth-order valence-electron chi connectivity index (χ4n) is 4.15. The number of ketones is 1. The van der Waals surface area contributed by atoms with E-state index in [-0.39, 0.29) is 17.4 Å². The van der Waals surface area contributed by atoms with Gasteiger partial charge in [-0.15, -0.1) is 11.3 Å². The molecule has 0 bridgehead atoms. The number of carbonyl (C=O) groups excluding carboxylic acids is 2. The number of rotatable bonds is 3. The third-order valence-corrected chi connectivity index (χ3v) is 6.40. The van der Waals surface area contributed by atoms with Gasteiger partial charge in [0.15, 0.2) is 5.13 Å². The summed E-state index contributed by atoms with van der Waals surface area (Å²) in [5.41, 5.74) is 3.32. The van der Waals surface area contributed by atoms with Crippen molar-refractivity contribution in [3.05, 3.63) is 81.9 Å². The van der Waals surface area contributed by atoms with E-state index in [0.29, 0.717) is 10.7 Å². The molecule has 3 aromatic rings.